The molecule has 1 aliphatic rings. The average Bonchev–Trinajstić information content (AvgIpc) is 2.81. The standard InChI is InChI=1S/C17H22ClNO3/c1-11(12-7-5-6-8-13(12)18)9-15(20)19-14(17(2,3)4)10-22-16(19)21/h5-8,11,14H,9-10H2,1-4H3/t11-,14?/m1/s1. The molecule has 1 aromatic carbocycles. The van der Waals surface area contributed by atoms with Crippen LogP contribution >= 0.6 is 11.6 Å². The summed E-state index contributed by atoms with van der Waals surface area (Å²) in [5, 5.41) is 0.638. The van der Waals surface area contributed by atoms with Crippen LogP contribution in [0, 0.1) is 5.41 Å². The molecular formula is C17H22ClNO3. The number of ether oxygens (including phenoxy) is 1. The van der Waals surface area contributed by atoms with E-state index in [1.807, 2.05) is 45.9 Å². The molecule has 1 unspecified atom stereocenters. The van der Waals surface area contributed by atoms with Crippen molar-refractivity contribution in [1.82, 2.24) is 4.90 Å². The second-order valence-corrected chi connectivity index (χ2v) is 7.26. The molecule has 0 aliphatic carbocycles. The second kappa shape index (κ2) is 6.29. The Morgan fingerprint density at radius 2 is 2.05 bits per heavy atom. The van der Waals surface area contributed by atoms with Gasteiger partial charge in [0.2, 0.25) is 5.91 Å². The van der Waals surface area contributed by atoms with Crippen molar-refractivity contribution in [2.24, 2.45) is 5.41 Å². The van der Waals surface area contributed by atoms with E-state index in [0.717, 1.165) is 5.56 Å². The fourth-order valence-corrected chi connectivity index (χ4v) is 3.00. The summed E-state index contributed by atoms with van der Waals surface area (Å²) in [5.41, 5.74) is 0.701. The molecule has 1 fully saturated rings. The summed E-state index contributed by atoms with van der Waals surface area (Å²) in [6, 6.07) is 7.23. The summed E-state index contributed by atoms with van der Waals surface area (Å²) >= 11 is 6.18. The maximum atomic E-state index is 12.6. The number of nitrogens with zero attached hydrogens (tertiary/aromatic N) is 1. The molecule has 2 amide bonds. The lowest BCUT2D eigenvalue weighted by molar-refractivity contribution is -0.130. The van der Waals surface area contributed by atoms with Crippen LogP contribution in [0.2, 0.25) is 5.02 Å². The van der Waals surface area contributed by atoms with Gasteiger partial charge in [0.25, 0.3) is 0 Å². The van der Waals surface area contributed by atoms with Crippen molar-refractivity contribution < 1.29 is 14.3 Å². The van der Waals surface area contributed by atoms with Crippen molar-refractivity contribution in [3.63, 3.8) is 0 Å². The van der Waals surface area contributed by atoms with Crippen molar-refractivity contribution >= 4 is 23.6 Å². The highest BCUT2D eigenvalue weighted by Gasteiger charge is 2.44. The van der Waals surface area contributed by atoms with Gasteiger partial charge in [0.1, 0.15) is 6.61 Å². The number of benzene rings is 1. The minimum absolute atomic E-state index is 0.0600. The third kappa shape index (κ3) is 3.43. The van der Waals surface area contributed by atoms with E-state index in [1.54, 1.807) is 6.07 Å². The number of imide groups is 1. The number of halogens is 1. The Hall–Kier alpha value is -1.55. The van der Waals surface area contributed by atoms with Gasteiger partial charge in [-0.1, -0.05) is 57.5 Å². The van der Waals surface area contributed by atoms with Crippen LogP contribution in [0.25, 0.3) is 0 Å². The van der Waals surface area contributed by atoms with Gasteiger partial charge in [-0.15, -0.1) is 0 Å². The Kier molecular flexibility index (Phi) is 4.81. The highest BCUT2D eigenvalue weighted by molar-refractivity contribution is 6.31. The maximum absolute atomic E-state index is 12.6. The van der Waals surface area contributed by atoms with Crippen LogP contribution in [-0.4, -0.2) is 29.5 Å². The van der Waals surface area contributed by atoms with Gasteiger partial charge in [0, 0.05) is 11.4 Å². The van der Waals surface area contributed by atoms with Crippen LogP contribution in [0.15, 0.2) is 24.3 Å². The van der Waals surface area contributed by atoms with Crippen molar-refractivity contribution in [3.05, 3.63) is 34.9 Å². The first-order valence-corrected chi connectivity index (χ1v) is 7.83. The highest BCUT2D eigenvalue weighted by atomic mass is 35.5. The average molecular weight is 324 g/mol. The molecule has 5 heteroatoms. The Labute approximate surface area is 136 Å². The normalized spacial score (nSPS) is 20.0. The number of cyclic esters (lactones) is 1. The fourth-order valence-electron chi connectivity index (χ4n) is 2.68. The monoisotopic (exact) mass is 323 g/mol. The summed E-state index contributed by atoms with van der Waals surface area (Å²) in [6.45, 7) is 8.19. The summed E-state index contributed by atoms with van der Waals surface area (Å²) in [4.78, 5) is 25.8. The highest BCUT2D eigenvalue weighted by Crippen LogP contribution is 2.32. The molecule has 1 aromatic rings. The SMILES string of the molecule is C[C@H](CC(=O)N1C(=O)OCC1C(C)(C)C)c1ccccc1Cl. The first-order chi connectivity index (χ1) is 10.2. The largest absolute Gasteiger partial charge is 0.447 e. The topological polar surface area (TPSA) is 46.6 Å². The third-order valence-corrected chi connectivity index (χ3v) is 4.40. The van der Waals surface area contributed by atoms with Gasteiger partial charge in [0.15, 0.2) is 0 Å². The van der Waals surface area contributed by atoms with Gasteiger partial charge in [0.05, 0.1) is 6.04 Å². The van der Waals surface area contributed by atoms with E-state index in [4.69, 9.17) is 16.3 Å². The predicted molar refractivity (Wildman–Crippen MR) is 85.9 cm³/mol. The first kappa shape index (κ1) is 16.8. The number of rotatable bonds is 3. The predicted octanol–water partition coefficient (Wildman–Crippen LogP) is 4.23. The summed E-state index contributed by atoms with van der Waals surface area (Å²) < 4.78 is 5.08. The lowest BCUT2D eigenvalue weighted by Crippen LogP contribution is -2.46. The zero-order valence-corrected chi connectivity index (χ0v) is 14.2. The molecule has 4 nitrogen and oxygen atoms in total. The van der Waals surface area contributed by atoms with E-state index in [1.165, 1.54) is 4.90 Å². The Morgan fingerprint density at radius 3 is 2.64 bits per heavy atom. The van der Waals surface area contributed by atoms with Crippen LogP contribution in [0.3, 0.4) is 0 Å². The summed E-state index contributed by atoms with van der Waals surface area (Å²) in [6.07, 6.45) is -0.318. The van der Waals surface area contributed by atoms with Crippen molar-refractivity contribution in [1.29, 1.82) is 0 Å². The third-order valence-electron chi connectivity index (χ3n) is 4.06. The van der Waals surface area contributed by atoms with Crippen LogP contribution in [-0.2, 0) is 9.53 Å². The van der Waals surface area contributed by atoms with Crippen molar-refractivity contribution in [2.75, 3.05) is 6.61 Å². The Balaban J connectivity index is 2.14. The number of carbonyl (C=O) groups excluding carboxylic acids is 2. The van der Waals surface area contributed by atoms with Crippen molar-refractivity contribution in [2.45, 2.75) is 46.1 Å². The molecule has 0 saturated carbocycles. The molecule has 1 aliphatic heterocycles. The molecule has 120 valence electrons. The molecule has 0 radical (unpaired) electrons. The van der Waals surface area contributed by atoms with Crippen LogP contribution in [0.4, 0.5) is 4.79 Å². The van der Waals surface area contributed by atoms with Gasteiger partial charge in [-0.25, -0.2) is 9.69 Å². The first-order valence-electron chi connectivity index (χ1n) is 7.45. The van der Waals surface area contributed by atoms with E-state index in [0.29, 0.717) is 5.02 Å². The van der Waals surface area contributed by atoms with Crippen LogP contribution < -0.4 is 0 Å². The molecule has 0 spiro atoms. The Bertz CT molecular complexity index is 580. The van der Waals surface area contributed by atoms with E-state index < -0.39 is 6.09 Å². The maximum Gasteiger partial charge on any atom is 0.416 e. The second-order valence-electron chi connectivity index (χ2n) is 6.85. The molecule has 1 heterocycles. The minimum atomic E-state index is -0.545. The molecule has 1 saturated heterocycles. The minimum Gasteiger partial charge on any atom is -0.447 e. The van der Waals surface area contributed by atoms with E-state index in [9.17, 15) is 9.59 Å². The van der Waals surface area contributed by atoms with E-state index in [-0.39, 0.29) is 36.3 Å². The summed E-state index contributed by atoms with van der Waals surface area (Å²) in [5.74, 6) is -0.273. The number of hydrogen-bond acceptors (Lipinski definition) is 3. The number of carbonyl (C=O) groups is 2. The number of hydrogen-bond donors (Lipinski definition) is 0. The van der Waals surface area contributed by atoms with Gasteiger partial charge in [-0.05, 0) is 23.0 Å². The molecule has 0 N–H and O–H groups in total. The molecule has 2 rings (SSSR count). The van der Waals surface area contributed by atoms with Gasteiger partial charge >= 0.3 is 6.09 Å². The fraction of sp³-hybridized carbons (Fsp3) is 0.529. The smallest absolute Gasteiger partial charge is 0.416 e. The lowest BCUT2D eigenvalue weighted by atomic mass is 9.86. The molecular weight excluding hydrogens is 302 g/mol. The van der Waals surface area contributed by atoms with Gasteiger partial charge in [-0.3, -0.25) is 4.79 Å². The zero-order valence-electron chi connectivity index (χ0n) is 13.4. The van der Waals surface area contributed by atoms with Crippen LogP contribution in [0.1, 0.15) is 45.6 Å². The number of amides is 2. The van der Waals surface area contributed by atoms with Gasteiger partial charge < -0.3 is 4.74 Å². The molecule has 0 bridgehead atoms. The quantitative estimate of drug-likeness (QED) is 0.836. The van der Waals surface area contributed by atoms with Gasteiger partial charge in [-0.2, -0.15) is 0 Å². The zero-order chi connectivity index (χ0) is 16.5. The molecule has 22 heavy (non-hydrogen) atoms. The summed E-state index contributed by atoms with van der Waals surface area (Å²) in [7, 11) is 0. The lowest BCUT2D eigenvalue weighted by Gasteiger charge is -2.31. The molecule has 2 atom stereocenters. The van der Waals surface area contributed by atoms with E-state index in [2.05, 4.69) is 0 Å². The Morgan fingerprint density at radius 1 is 1.41 bits per heavy atom. The van der Waals surface area contributed by atoms with Crippen LogP contribution in [0.5, 0.6) is 0 Å². The van der Waals surface area contributed by atoms with E-state index >= 15 is 0 Å². The van der Waals surface area contributed by atoms with Crippen molar-refractivity contribution in [3.8, 4) is 0 Å². The molecule has 0 aromatic heterocycles.